The zero-order chi connectivity index (χ0) is 14.2. The molecule has 0 aromatic heterocycles. The van der Waals surface area contributed by atoms with E-state index in [4.69, 9.17) is 4.55 Å². The first-order chi connectivity index (χ1) is 9.75. The molecule has 2 rings (SSSR count). The van der Waals surface area contributed by atoms with Crippen LogP contribution in [0.3, 0.4) is 0 Å². The summed E-state index contributed by atoms with van der Waals surface area (Å²) in [6, 6.07) is 0.464. The third-order valence-corrected chi connectivity index (χ3v) is 4.69. The Kier molecular flexibility index (Phi) is 6.93. The quantitative estimate of drug-likeness (QED) is 0.385. The number of allylic oxidation sites excluding steroid dienone is 4. The first-order valence-electron chi connectivity index (χ1n) is 7.69. The lowest BCUT2D eigenvalue weighted by Crippen LogP contribution is -2.50. The third-order valence-electron chi connectivity index (χ3n) is 4.19. The van der Waals surface area contributed by atoms with Crippen molar-refractivity contribution in [2.45, 2.75) is 63.5 Å². The molecule has 0 aromatic rings. The minimum Gasteiger partial charge on any atom is -0.312 e. The van der Waals surface area contributed by atoms with E-state index in [2.05, 4.69) is 28.3 Å². The SMILES string of the molecule is O=S(O)NC1CCCCC1NCCCC1=CCC=CC1. The van der Waals surface area contributed by atoms with Crippen molar-refractivity contribution in [1.29, 1.82) is 0 Å². The molecular formula is C15H26N2O2S. The van der Waals surface area contributed by atoms with Crippen LogP contribution in [-0.2, 0) is 11.3 Å². The lowest BCUT2D eigenvalue weighted by Gasteiger charge is -2.32. The van der Waals surface area contributed by atoms with Crippen LogP contribution in [0.4, 0.5) is 0 Å². The highest BCUT2D eigenvalue weighted by Gasteiger charge is 2.25. The van der Waals surface area contributed by atoms with Crippen LogP contribution in [-0.4, -0.2) is 27.4 Å². The number of rotatable bonds is 7. The van der Waals surface area contributed by atoms with Crippen LogP contribution in [0.15, 0.2) is 23.8 Å². The van der Waals surface area contributed by atoms with Crippen molar-refractivity contribution in [1.82, 2.24) is 10.0 Å². The minimum absolute atomic E-state index is 0.131. The molecule has 0 radical (unpaired) electrons. The van der Waals surface area contributed by atoms with Gasteiger partial charge in [-0.1, -0.05) is 36.6 Å². The summed E-state index contributed by atoms with van der Waals surface area (Å²) in [5, 5.41) is 3.56. The fraction of sp³-hybridized carbons (Fsp3) is 0.733. The third kappa shape index (κ3) is 5.48. The zero-order valence-electron chi connectivity index (χ0n) is 12.0. The highest BCUT2D eigenvalue weighted by atomic mass is 32.2. The normalized spacial score (nSPS) is 28.1. The Labute approximate surface area is 124 Å². The van der Waals surface area contributed by atoms with E-state index in [1.165, 1.54) is 6.42 Å². The topological polar surface area (TPSA) is 61.4 Å². The van der Waals surface area contributed by atoms with Gasteiger partial charge >= 0.3 is 0 Å². The Bertz CT molecular complexity index is 382. The molecule has 0 saturated heterocycles. The molecule has 4 nitrogen and oxygen atoms in total. The second-order valence-electron chi connectivity index (χ2n) is 5.70. The Balaban J connectivity index is 1.66. The summed E-state index contributed by atoms with van der Waals surface area (Å²) in [5.41, 5.74) is 1.55. The average molecular weight is 298 g/mol. The molecule has 1 fully saturated rings. The van der Waals surface area contributed by atoms with Gasteiger partial charge in [-0.2, -0.15) is 0 Å². The van der Waals surface area contributed by atoms with E-state index in [-0.39, 0.29) is 6.04 Å². The van der Waals surface area contributed by atoms with Crippen molar-refractivity contribution in [3.8, 4) is 0 Å². The second-order valence-corrected chi connectivity index (χ2v) is 6.43. The van der Waals surface area contributed by atoms with Crippen LogP contribution in [0.25, 0.3) is 0 Å². The fourth-order valence-electron chi connectivity index (χ4n) is 3.10. The molecule has 5 heteroatoms. The molecule has 3 N–H and O–H groups in total. The van der Waals surface area contributed by atoms with Gasteiger partial charge in [-0.05, 0) is 45.1 Å². The molecule has 3 unspecified atom stereocenters. The Hall–Kier alpha value is -0.490. The van der Waals surface area contributed by atoms with Crippen LogP contribution >= 0.6 is 0 Å². The molecule has 0 bridgehead atoms. The van der Waals surface area contributed by atoms with Crippen molar-refractivity contribution >= 4 is 11.3 Å². The predicted molar refractivity (Wildman–Crippen MR) is 83.6 cm³/mol. The van der Waals surface area contributed by atoms with Gasteiger partial charge in [0, 0.05) is 12.1 Å². The van der Waals surface area contributed by atoms with E-state index < -0.39 is 11.3 Å². The van der Waals surface area contributed by atoms with Gasteiger partial charge < -0.3 is 5.32 Å². The fourth-order valence-corrected chi connectivity index (χ4v) is 3.64. The van der Waals surface area contributed by atoms with Crippen LogP contribution in [0.1, 0.15) is 51.4 Å². The van der Waals surface area contributed by atoms with Crippen molar-refractivity contribution in [3.05, 3.63) is 23.8 Å². The molecule has 1 saturated carbocycles. The van der Waals surface area contributed by atoms with Gasteiger partial charge in [0.25, 0.3) is 0 Å². The van der Waals surface area contributed by atoms with E-state index in [1.54, 1.807) is 5.57 Å². The lowest BCUT2D eigenvalue weighted by atomic mass is 9.91. The predicted octanol–water partition coefficient (Wildman–Crippen LogP) is 2.67. The van der Waals surface area contributed by atoms with Gasteiger partial charge in [-0.15, -0.1) is 0 Å². The monoisotopic (exact) mass is 298 g/mol. The van der Waals surface area contributed by atoms with E-state index in [0.717, 1.165) is 51.5 Å². The number of hydrogen-bond donors (Lipinski definition) is 3. The molecule has 20 heavy (non-hydrogen) atoms. The molecule has 0 spiro atoms. The largest absolute Gasteiger partial charge is 0.312 e. The van der Waals surface area contributed by atoms with Crippen LogP contribution in [0.5, 0.6) is 0 Å². The lowest BCUT2D eigenvalue weighted by molar-refractivity contribution is 0.308. The summed E-state index contributed by atoms with van der Waals surface area (Å²) in [6.45, 7) is 0.988. The molecule has 0 amide bonds. The number of hydrogen-bond acceptors (Lipinski definition) is 2. The molecule has 0 aliphatic heterocycles. The highest BCUT2D eigenvalue weighted by Crippen LogP contribution is 2.20. The van der Waals surface area contributed by atoms with E-state index in [9.17, 15) is 4.21 Å². The second kappa shape index (κ2) is 8.72. The van der Waals surface area contributed by atoms with Crippen molar-refractivity contribution in [2.75, 3.05) is 6.54 Å². The van der Waals surface area contributed by atoms with Gasteiger partial charge in [0.2, 0.25) is 11.3 Å². The number of nitrogens with one attached hydrogen (secondary N) is 2. The maximum Gasteiger partial charge on any atom is 0.232 e. The first-order valence-corrected chi connectivity index (χ1v) is 8.79. The summed E-state index contributed by atoms with van der Waals surface area (Å²) < 4.78 is 22.7. The molecule has 2 aliphatic carbocycles. The molecule has 0 heterocycles. The molecule has 3 atom stereocenters. The Morgan fingerprint density at radius 3 is 2.75 bits per heavy atom. The van der Waals surface area contributed by atoms with E-state index in [1.807, 2.05) is 0 Å². The minimum atomic E-state index is -1.90. The summed E-state index contributed by atoms with van der Waals surface area (Å²) >= 11 is -1.90. The summed E-state index contributed by atoms with van der Waals surface area (Å²) in [6.07, 6.45) is 15.7. The summed E-state index contributed by atoms with van der Waals surface area (Å²) in [7, 11) is 0. The van der Waals surface area contributed by atoms with Gasteiger partial charge in [-0.3, -0.25) is 4.55 Å². The maximum absolute atomic E-state index is 10.9. The van der Waals surface area contributed by atoms with E-state index in [0.29, 0.717) is 6.04 Å². The molecule has 2 aliphatic rings. The maximum atomic E-state index is 10.9. The zero-order valence-corrected chi connectivity index (χ0v) is 12.8. The van der Waals surface area contributed by atoms with Crippen LogP contribution < -0.4 is 10.0 Å². The van der Waals surface area contributed by atoms with E-state index >= 15 is 0 Å². The van der Waals surface area contributed by atoms with Gasteiger partial charge in [0.1, 0.15) is 0 Å². The molecular weight excluding hydrogens is 272 g/mol. The van der Waals surface area contributed by atoms with Crippen molar-refractivity contribution in [2.24, 2.45) is 0 Å². The average Bonchev–Trinajstić information content (AvgIpc) is 2.46. The first kappa shape index (κ1) is 15.9. The van der Waals surface area contributed by atoms with Gasteiger partial charge in [-0.25, -0.2) is 8.93 Å². The molecule has 0 aromatic carbocycles. The van der Waals surface area contributed by atoms with Crippen molar-refractivity contribution < 1.29 is 8.76 Å². The van der Waals surface area contributed by atoms with Crippen LogP contribution in [0, 0.1) is 0 Å². The van der Waals surface area contributed by atoms with Gasteiger partial charge in [0.05, 0.1) is 0 Å². The van der Waals surface area contributed by atoms with Crippen LogP contribution in [0.2, 0.25) is 0 Å². The smallest absolute Gasteiger partial charge is 0.232 e. The molecule has 114 valence electrons. The highest BCUT2D eigenvalue weighted by molar-refractivity contribution is 7.77. The Morgan fingerprint density at radius 1 is 1.25 bits per heavy atom. The van der Waals surface area contributed by atoms with Crippen molar-refractivity contribution in [3.63, 3.8) is 0 Å². The standard InChI is InChI=1S/C15H26N2O2S/c18-20(19)17-15-11-5-4-10-14(15)16-12-6-9-13-7-2-1-3-8-13/h1-2,8,14-17H,3-7,9-12H2,(H,18,19). The summed E-state index contributed by atoms with van der Waals surface area (Å²) in [4.78, 5) is 0. The summed E-state index contributed by atoms with van der Waals surface area (Å²) in [5.74, 6) is 0. The Morgan fingerprint density at radius 2 is 2.05 bits per heavy atom. The van der Waals surface area contributed by atoms with Gasteiger partial charge in [0.15, 0.2) is 0 Å².